The molecule has 82 valence electrons. The molecule has 0 radical (unpaired) electrons. The fourth-order valence-corrected chi connectivity index (χ4v) is 1.97. The van der Waals surface area contributed by atoms with Crippen molar-refractivity contribution in [2.75, 3.05) is 0 Å². The normalized spacial score (nSPS) is 10.4. The van der Waals surface area contributed by atoms with Gasteiger partial charge in [0.1, 0.15) is 0 Å². The van der Waals surface area contributed by atoms with E-state index in [1.165, 1.54) is 22.3 Å². The van der Waals surface area contributed by atoms with Gasteiger partial charge in [-0.15, -0.1) is 0 Å². The lowest BCUT2D eigenvalue weighted by Crippen LogP contribution is -1.87. The molecule has 0 aliphatic carbocycles. The van der Waals surface area contributed by atoms with Gasteiger partial charge in [0.2, 0.25) is 0 Å². The number of aliphatic hydroxyl groups is 1. The maximum absolute atomic E-state index is 9.12. The second kappa shape index (κ2) is 4.50. The highest BCUT2D eigenvalue weighted by molar-refractivity contribution is 5.68. The Hall–Kier alpha value is -1.60. The van der Waals surface area contributed by atoms with Crippen LogP contribution in [0.15, 0.2) is 42.5 Å². The van der Waals surface area contributed by atoms with Gasteiger partial charge < -0.3 is 5.11 Å². The third-order valence-corrected chi connectivity index (χ3v) is 2.80. The van der Waals surface area contributed by atoms with Crippen LogP contribution in [-0.4, -0.2) is 5.11 Å². The minimum absolute atomic E-state index is 0.0960. The van der Waals surface area contributed by atoms with Crippen LogP contribution in [0.2, 0.25) is 0 Å². The first-order valence-electron chi connectivity index (χ1n) is 5.48. The fraction of sp³-hybridized carbons (Fsp3) is 0.200. The van der Waals surface area contributed by atoms with Crippen LogP contribution in [0.3, 0.4) is 0 Å². The number of aryl methyl sites for hydroxylation is 2. The van der Waals surface area contributed by atoms with E-state index in [1.54, 1.807) is 0 Å². The molecular formula is C15H16O. The average Bonchev–Trinajstić information content (AvgIpc) is 2.29. The summed E-state index contributed by atoms with van der Waals surface area (Å²) in [5.74, 6) is 0. The molecule has 1 N–H and O–H groups in total. The smallest absolute Gasteiger partial charge is 0.0682 e. The molecule has 0 spiro atoms. The lowest BCUT2D eigenvalue weighted by atomic mass is 9.97. The van der Waals surface area contributed by atoms with Crippen LogP contribution in [0.1, 0.15) is 16.7 Å². The topological polar surface area (TPSA) is 20.2 Å². The Morgan fingerprint density at radius 2 is 1.81 bits per heavy atom. The van der Waals surface area contributed by atoms with E-state index in [0.29, 0.717) is 0 Å². The van der Waals surface area contributed by atoms with Crippen LogP contribution in [-0.2, 0) is 6.61 Å². The van der Waals surface area contributed by atoms with E-state index in [4.69, 9.17) is 5.11 Å². The predicted octanol–water partition coefficient (Wildman–Crippen LogP) is 3.46. The monoisotopic (exact) mass is 212 g/mol. The van der Waals surface area contributed by atoms with E-state index >= 15 is 0 Å². The van der Waals surface area contributed by atoms with E-state index in [2.05, 4.69) is 38.1 Å². The summed E-state index contributed by atoms with van der Waals surface area (Å²) in [6.07, 6.45) is 0. The molecule has 2 aromatic carbocycles. The van der Waals surface area contributed by atoms with Crippen molar-refractivity contribution < 1.29 is 5.11 Å². The zero-order valence-corrected chi connectivity index (χ0v) is 9.70. The summed E-state index contributed by atoms with van der Waals surface area (Å²) < 4.78 is 0. The van der Waals surface area contributed by atoms with Gasteiger partial charge in [-0.3, -0.25) is 0 Å². The van der Waals surface area contributed by atoms with Crippen molar-refractivity contribution in [1.82, 2.24) is 0 Å². The van der Waals surface area contributed by atoms with Gasteiger partial charge in [-0.25, -0.2) is 0 Å². The van der Waals surface area contributed by atoms with Crippen LogP contribution in [0.5, 0.6) is 0 Å². The molecule has 2 rings (SSSR count). The third kappa shape index (κ3) is 2.15. The van der Waals surface area contributed by atoms with Crippen molar-refractivity contribution in [3.05, 3.63) is 59.2 Å². The minimum Gasteiger partial charge on any atom is -0.392 e. The van der Waals surface area contributed by atoms with E-state index in [9.17, 15) is 0 Å². The van der Waals surface area contributed by atoms with Gasteiger partial charge in [-0.05, 0) is 42.2 Å². The van der Waals surface area contributed by atoms with Gasteiger partial charge in [0.25, 0.3) is 0 Å². The Morgan fingerprint density at radius 3 is 2.50 bits per heavy atom. The van der Waals surface area contributed by atoms with Crippen LogP contribution in [0.4, 0.5) is 0 Å². The van der Waals surface area contributed by atoms with Crippen LogP contribution >= 0.6 is 0 Å². The summed E-state index contributed by atoms with van der Waals surface area (Å²) in [4.78, 5) is 0. The highest BCUT2D eigenvalue weighted by atomic mass is 16.3. The van der Waals surface area contributed by atoms with E-state index in [1.807, 2.05) is 18.2 Å². The fourth-order valence-electron chi connectivity index (χ4n) is 1.97. The standard InChI is InChI=1S/C15H16O/c1-11-6-7-15(12(2)8-11)14-5-3-4-13(9-14)10-16/h3-9,16H,10H2,1-2H3. The first-order chi connectivity index (χ1) is 7.70. The molecule has 0 aliphatic heterocycles. The largest absolute Gasteiger partial charge is 0.392 e. The van der Waals surface area contributed by atoms with Gasteiger partial charge in [0.15, 0.2) is 0 Å². The van der Waals surface area contributed by atoms with Gasteiger partial charge >= 0.3 is 0 Å². The highest BCUT2D eigenvalue weighted by Gasteiger charge is 2.02. The second-order valence-electron chi connectivity index (χ2n) is 4.18. The molecule has 0 aliphatic rings. The third-order valence-electron chi connectivity index (χ3n) is 2.80. The number of hydrogen-bond donors (Lipinski definition) is 1. The van der Waals surface area contributed by atoms with E-state index < -0.39 is 0 Å². The molecule has 1 nitrogen and oxygen atoms in total. The van der Waals surface area contributed by atoms with E-state index in [0.717, 1.165) is 5.56 Å². The summed E-state index contributed by atoms with van der Waals surface area (Å²) in [6.45, 7) is 4.31. The summed E-state index contributed by atoms with van der Waals surface area (Å²) in [5, 5.41) is 9.12. The molecule has 0 aromatic heterocycles. The summed E-state index contributed by atoms with van der Waals surface area (Å²) in [5.41, 5.74) is 5.91. The lowest BCUT2D eigenvalue weighted by Gasteiger charge is -2.08. The maximum Gasteiger partial charge on any atom is 0.0682 e. The molecule has 0 heterocycles. The van der Waals surface area contributed by atoms with Crippen LogP contribution in [0, 0.1) is 13.8 Å². The molecule has 0 bridgehead atoms. The van der Waals surface area contributed by atoms with Gasteiger partial charge in [-0.2, -0.15) is 0 Å². The Kier molecular flexibility index (Phi) is 3.07. The Balaban J connectivity index is 2.49. The quantitative estimate of drug-likeness (QED) is 0.808. The van der Waals surface area contributed by atoms with Crippen LogP contribution < -0.4 is 0 Å². The molecule has 0 amide bonds. The first kappa shape index (κ1) is 10.9. The van der Waals surface area contributed by atoms with Gasteiger partial charge in [-0.1, -0.05) is 42.0 Å². The maximum atomic E-state index is 9.12. The van der Waals surface area contributed by atoms with Crippen molar-refractivity contribution >= 4 is 0 Å². The molecule has 16 heavy (non-hydrogen) atoms. The zero-order valence-electron chi connectivity index (χ0n) is 9.70. The van der Waals surface area contributed by atoms with Gasteiger partial charge in [0, 0.05) is 0 Å². The Labute approximate surface area is 96.4 Å². The number of aliphatic hydroxyl groups excluding tert-OH is 1. The number of benzene rings is 2. The number of hydrogen-bond acceptors (Lipinski definition) is 1. The van der Waals surface area contributed by atoms with E-state index in [-0.39, 0.29) is 6.61 Å². The van der Waals surface area contributed by atoms with Crippen molar-refractivity contribution in [3.63, 3.8) is 0 Å². The SMILES string of the molecule is Cc1ccc(-c2cccc(CO)c2)c(C)c1. The van der Waals surface area contributed by atoms with Crippen molar-refractivity contribution in [2.24, 2.45) is 0 Å². The second-order valence-corrected chi connectivity index (χ2v) is 4.18. The molecule has 0 unspecified atom stereocenters. The van der Waals surface area contributed by atoms with Crippen LogP contribution in [0.25, 0.3) is 11.1 Å². The minimum atomic E-state index is 0.0960. The summed E-state index contributed by atoms with van der Waals surface area (Å²) in [7, 11) is 0. The summed E-state index contributed by atoms with van der Waals surface area (Å²) in [6, 6.07) is 14.5. The predicted molar refractivity (Wildman–Crippen MR) is 67.3 cm³/mol. The zero-order chi connectivity index (χ0) is 11.5. The number of rotatable bonds is 2. The van der Waals surface area contributed by atoms with Crippen molar-refractivity contribution in [3.8, 4) is 11.1 Å². The molecular weight excluding hydrogens is 196 g/mol. The molecule has 0 saturated heterocycles. The van der Waals surface area contributed by atoms with Crippen molar-refractivity contribution in [1.29, 1.82) is 0 Å². The Morgan fingerprint density at radius 1 is 1.00 bits per heavy atom. The molecule has 0 atom stereocenters. The average molecular weight is 212 g/mol. The van der Waals surface area contributed by atoms with Crippen molar-refractivity contribution in [2.45, 2.75) is 20.5 Å². The molecule has 2 aromatic rings. The highest BCUT2D eigenvalue weighted by Crippen LogP contribution is 2.24. The Bertz CT molecular complexity index is 501. The first-order valence-corrected chi connectivity index (χ1v) is 5.48. The molecule has 0 saturated carbocycles. The summed E-state index contributed by atoms with van der Waals surface area (Å²) >= 11 is 0. The molecule has 0 fully saturated rings. The molecule has 1 heteroatoms. The van der Waals surface area contributed by atoms with Gasteiger partial charge in [0.05, 0.1) is 6.61 Å². The lowest BCUT2D eigenvalue weighted by molar-refractivity contribution is 0.282.